The summed E-state index contributed by atoms with van der Waals surface area (Å²) in [5, 5.41) is 0. The molecule has 24 heavy (non-hydrogen) atoms. The fourth-order valence-corrected chi connectivity index (χ4v) is 3.13. The van der Waals surface area contributed by atoms with Crippen LogP contribution in [0.15, 0.2) is 49.1 Å². The number of methoxy groups -OCH3 is 1. The normalized spacial score (nSPS) is 10.8. The van der Waals surface area contributed by atoms with E-state index in [2.05, 4.69) is 9.97 Å². The van der Waals surface area contributed by atoms with Gasteiger partial charge in [0, 0.05) is 48.6 Å². The van der Waals surface area contributed by atoms with E-state index >= 15 is 0 Å². The number of carbonyl (C=O) groups is 1. The summed E-state index contributed by atoms with van der Waals surface area (Å²) in [6.45, 7) is 3.92. The van der Waals surface area contributed by atoms with Gasteiger partial charge < -0.3 is 9.30 Å². The van der Waals surface area contributed by atoms with Crippen LogP contribution in [0.5, 0.6) is 0 Å². The highest BCUT2D eigenvalue weighted by atomic mass is 16.5. The second-order valence-corrected chi connectivity index (χ2v) is 5.57. The highest BCUT2D eigenvalue weighted by Crippen LogP contribution is 2.37. The lowest BCUT2D eigenvalue weighted by molar-refractivity contribution is 0.101. The van der Waals surface area contributed by atoms with E-state index in [1.54, 1.807) is 38.8 Å². The minimum atomic E-state index is 0.0319. The number of rotatable bonds is 5. The minimum Gasteiger partial charge on any atom is -0.364 e. The van der Waals surface area contributed by atoms with E-state index in [-0.39, 0.29) is 5.78 Å². The van der Waals surface area contributed by atoms with Crippen LogP contribution in [-0.2, 0) is 11.5 Å². The second-order valence-electron chi connectivity index (χ2n) is 5.57. The largest absolute Gasteiger partial charge is 0.364 e. The van der Waals surface area contributed by atoms with Crippen LogP contribution in [0.25, 0.3) is 22.5 Å². The zero-order valence-electron chi connectivity index (χ0n) is 14.0. The molecule has 0 N–H and O–H groups in total. The number of carbonyl (C=O) groups excluding carboxylic acids is 1. The lowest BCUT2D eigenvalue weighted by Gasteiger charge is -2.13. The molecule has 0 radical (unpaired) electrons. The van der Waals surface area contributed by atoms with Crippen LogP contribution in [-0.4, -0.2) is 27.4 Å². The van der Waals surface area contributed by atoms with Crippen molar-refractivity contribution in [2.75, 3.05) is 7.11 Å². The lowest BCUT2D eigenvalue weighted by Crippen LogP contribution is -2.05. The van der Waals surface area contributed by atoms with Crippen molar-refractivity contribution in [3.63, 3.8) is 0 Å². The zero-order chi connectivity index (χ0) is 17.1. The summed E-state index contributed by atoms with van der Waals surface area (Å²) in [5.74, 6) is 0.0319. The van der Waals surface area contributed by atoms with Crippen molar-refractivity contribution < 1.29 is 9.53 Å². The molecule has 0 bridgehead atoms. The number of nitrogens with zero attached hydrogens (tertiary/aromatic N) is 3. The van der Waals surface area contributed by atoms with Gasteiger partial charge in [0.15, 0.2) is 5.78 Å². The molecule has 3 aromatic heterocycles. The maximum Gasteiger partial charge on any atom is 0.162 e. The Hall–Kier alpha value is -2.79. The van der Waals surface area contributed by atoms with Crippen LogP contribution in [0.1, 0.15) is 22.8 Å². The van der Waals surface area contributed by atoms with Crippen LogP contribution in [0.2, 0.25) is 0 Å². The molecule has 0 saturated heterocycles. The van der Waals surface area contributed by atoms with Gasteiger partial charge in [-0.1, -0.05) is 0 Å². The van der Waals surface area contributed by atoms with Gasteiger partial charge in [-0.2, -0.15) is 0 Å². The number of hydrogen-bond acceptors (Lipinski definition) is 4. The molecule has 0 aliphatic carbocycles. The van der Waals surface area contributed by atoms with Crippen molar-refractivity contribution >= 4 is 5.78 Å². The predicted molar refractivity (Wildman–Crippen MR) is 92.6 cm³/mol. The quantitative estimate of drug-likeness (QED) is 0.672. The molecule has 122 valence electrons. The molecule has 3 aromatic rings. The van der Waals surface area contributed by atoms with Gasteiger partial charge >= 0.3 is 0 Å². The first-order valence-corrected chi connectivity index (χ1v) is 7.69. The Balaban J connectivity index is 2.37. The van der Waals surface area contributed by atoms with Gasteiger partial charge in [0.05, 0.1) is 11.4 Å². The highest BCUT2D eigenvalue weighted by molar-refractivity contribution is 6.04. The monoisotopic (exact) mass is 321 g/mol. The number of hydrogen-bond donors (Lipinski definition) is 0. The third-order valence-corrected chi connectivity index (χ3v) is 4.02. The smallest absolute Gasteiger partial charge is 0.162 e. The van der Waals surface area contributed by atoms with E-state index in [1.165, 1.54) is 0 Å². The molecule has 0 saturated carbocycles. The van der Waals surface area contributed by atoms with E-state index in [4.69, 9.17) is 4.74 Å². The van der Waals surface area contributed by atoms with Crippen LogP contribution in [0, 0.1) is 6.92 Å². The van der Waals surface area contributed by atoms with Crippen molar-refractivity contribution in [2.45, 2.75) is 20.6 Å². The van der Waals surface area contributed by atoms with E-state index < -0.39 is 0 Å². The average molecular weight is 321 g/mol. The van der Waals surface area contributed by atoms with Gasteiger partial charge in [0.2, 0.25) is 0 Å². The van der Waals surface area contributed by atoms with Crippen molar-refractivity contribution in [3.05, 3.63) is 60.2 Å². The highest BCUT2D eigenvalue weighted by Gasteiger charge is 2.24. The summed E-state index contributed by atoms with van der Waals surface area (Å²) in [6, 6.07) is 7.69. The van der Waals surface area contributed by atoms with Gasteiger partial charge in [0.1, 0.15) is 6.73 Å². The summed E-state index contributed by atoms with van der Waals surface area (Å²) in [5.41, 5.74) is 5.42. The standard InChI is InChI=1S/C19H19N3O2/c1-13-17(14(2)23)19(16-6-10-21-11-7-16)22(12-24-3)18(13)15-4-8-20-9-5-15/h4-11H,12H2,1-3H3. The van der Waals surface area contributed by atoms with Crippen LogP contribution >= 0.6 is 0 Å². The molecule has 5 nitrogen and oxygen atoms in total. The van der Waals surface area contributed by atoms with Gasteiger partial charge in [-0.25, -0.2) is 0 Å². The molecule has 3 rings (SSSR count). The Morgan fingerprint density at radius 2 is 1.50 bits per heavy atom. The molecule has 0 unspecified atom stereocenters. The molecule has 0 spiro atoms. The Morgan fingerprint density at radius 3 is 1.96 bits per heavy atom. The lowest BCUT2D eigenvalue weighted by atomic mass is 10.0. The molecular weight excluding hydrogens is 302 g/mol. The average Bonchev–Trinajstić information content (AvgIpc) is 2.89. The minimum absolute atomic E-state index is 0.0319. The topological polar surface area (TPSA) is 57.0 Å². The first-order chi connectivity index (χ1) is 11.6. The van der Waals surface area contributed by atoms with Gasteiger partial charge in [-0.15, -0.1) is 0 Å². The fraction of sp³-hybridized carbons (Fsp3) is 0.211. The fourth-order valence-electron chi connectivity index (χ4n) is 3.13. The van der Waals surface area contributed by atoms with Crippen molar-refractivity contribution in [3.8, 4) is 22.5 Å². The summed E-state index contributed by atoms with van der Waals surface area (Å²) >= 11 is 0. The summed E-state index contributed by atoms with van der Waals surface area (Å²) in [7, 11) is 1.65. The number of pyridine rings is 2. The molecule has 0 fully saturated rings. The van der Waals surface area contributed by atoms with Crippen LogP contribution in [0.4, 0.5) is 0 Å². The third-order valence-electron chi connectivity index (χ3n) is 4.02. The number of aromatic nitrogens is 3. The first kappa shape index (κ1) is 16.1. The number of Topliss-reactive ketones (excluding diaryl/α,β-unsaturated/α-hetero) is 1. The SMILES string of the molecule is COCn1c(-c2ccncc2)c(C)c(C(C)=O)c1-c1ccncc1. The predicted octanol–water partition coefficient (Wildman–Crippen LogP) is 3.73. The number of ketones is 1. The van der Waals surface area contributed by atoms with Crippen molar-refractivity contribution in [1.29, 1.82) is 0 Å². The molecule has 0 amide bonds. The second kappa shape index (κ2) is 6.76. The van der Waals surface area contributed by atoms with Gasteiger partial charge in [-0.3, -0.25) is 14.8 Å². The number of ether oxygens (including phenoxy) is 1. The Labute approximate surface area is 141 Å². The third kappa shape index (κ3) is 2.74. The van der Waals surface area contributed by atoms with E-state index in [1.807, 2.05) is 35.8 Å². The maximum atomic E-state index is 12.4. The molecule has 0 aliphatic rings. The molecule has 3 heterocycles. The summed E-state index contributed by atoms with van der Waals surface area (Å²) in [6.07, 6.45) is 6.95. The van der Waals surface area contributed by atoms with E-state index in [0.29, 0.717) is 12.3 Å². The summed E-state index contributed by atoms with van der Waals surface area (Å²) < 4.78 is 7.46. The Kier molecular flexibility index (Phi) is 4.53. The van der Waals surface area contributed by atoms with E-state index in [0.717, 1.165) is 28.1 Å². The van der Waals surface area contributed by atoms with Crippen molar-refractivity contribution in [1.82, 2.24) is 14.5 Å². The molecule has 0 aliphatic heterocycles. The summed E-state index contributed by atoms with van der Waals surface area (Å²) in [4.78, 5) is 20.5. The molecule has 5 heteroatoms. The molecule has 0 aromatic carbocycles. The van der Waals surface area contributed by atoms with Crippen molar-refractivity contribution in [2.24, 2.45) is 0 Å². The first-order valence-electron chi connectivity index (χ1n) is 7.69. The molecular formula is C19H19N3O2. The van der Waals surface area contributed by atoms with Crippen LogP contribution < -0.4 is 0 Å². The molecule has 0 atom stereocenters. The Morgan fingerprint density at radius 1 is 1.00 bits per heavy atom. The Bertz CT molecular complexity index is 855. The zero-order valence-corrected chi connectivity index (χ0v) is 14.0. The van der Waals surface area contributed by atoms with Crippen LogP contribution in [0.3, 0.4) is 0 Å². The maximum absolute atomic E-state index is 12.4. The van der Waals surface area contributed by atoms with E-state index in [9.17, 15) is 4.79 Å². The van der Waals surface area contributed by atoms with Gasteiger partial charge in [-0.05, 0) is 43.7 Å². The van der Waals surface area contributed by atoms with Gasteiger partial charge in [0.25, 0.3) is 0 Å².